The molecule has 1 aromatic carbocycles. The lowest BCUT2D eigenvalue weighted by atomic mass is 10.1. The van der Waals surface area contributed by atoms with Crippen LogP contribution in [-0.4, -0.2) is 22.3 Å². The van der Waals surface area contributed by atoms with Gasteiger partial charge >= 0.3 is 0 Å². The minimum absolute atomic E-state index is 0.114. The van der Waals surface area contributed by atoms with Crippen LogP contribution >= 0.6 is 0 Å². The van der Waals surface area contributed by atoms with Crippen molar-refractivity contribution in [2.45, 2.75) is 31.6 Å². The Bertz CT molecular complexity index is 425. The highest BCUT2D eigenvalue weighted by atomic mass is 32.2. The normalized spacial score (nSPS) is 16.3. The Balaban J connectivity index is 2.50. The molecule has 0 amide bonds. The van der Waals surface area contributed by atoms with E-state index in [0.717, 1.165) is 12.5 Å². The van der Waals surface area contributed by atoms with E-state index in [1.165, 1.54) is 12.1 Å². The zero-order valence-corrected chi connectivity index (χ0v) is 11.7. The first-order valence-corrected chi connectivity index (χ1v) is 7.54. The van der Waals surface area contributed by atoms with Crippen molar-refractivity contribution in [1.29, 1.82) is 0 Å². The van der Waals surface area contributed by atoms with Crippen LogP contribution < -0.4 is 5.32 Å². The molecule has 0 bridgehead atoms. The monoisotopic (exact) mass is 275 g/mol. The van der Waals surface area contributed by atoms with Gasteiger partial charge in [-0.2, -0.15) is 0 Å². The molecule has 1 aromatic rings. The van der Waals surface area contributed by atoms with Crippen LogP contribution in [0, 0.1) is 11.6 Å². The SMILES string of the molecule is CC(NCCC(C)S(C)=O)c1ccc(F)cc1F. The number of benzene rings is 1. The van der Waals surface area contributed by atoms with E-state index in [0.29, 0.717) is 12.1 Å². The summed E-state index contributed by atoms with van der Waals surface area (Å²) in [5.41, 5.74) is 0.446. The van der Waals surface area contributed by atoms with Crippen LogP contribution in [0.25, 0.3) is 0 Å². The van der Waals surface area contributed by atoms with E-state index in [4.69, 9.17) is 0 Å². The van der Waals surface area contributed by atoms with E-state index in [1.807, 2.05) is 13.8 Å². The van der Waals surface area contributed by atoms with Gasteiger partial charge in [0, 0.05) is 40.0 Å². The van der Waals surface area contributed by atoms with Crippen molar-refractivity contribution in [1.82, 2.24) is 5.32 Å². The average Bonchev–Trinajstić information content (AvgIpc) is 2.28. The maximum Gasteiger partial charge on any atom is 0.130 e. The lowest BCUT2D eigenvalue weighted by Gasteiger charge is -2.16. The summed E-state index contributed by atoms with van der Waals surface area (Å²) in [6, 6.07) is 3.39. The summed E-state index contributed by atoms with van der Waals surface area (Å²) in [4.78, 5) is 0. The molecule has 3 atom stereocenters. The second kappa shape index (κ2) is 6.95. The third kappa shape index (κ3) is 4.46. The van der Waals surface area contributed by atoms with Gasteiger partial charge in [0.25, 0.3) is 0 Å². The quantitative estimate of drug-likeness (QED) is 0.865. The average molecular weight is 275 g/mol. The number of hydrogen-bond donors (Lipinski definition) is 1. The molecule has 0 aliphatic rings. The van der Waals surface area contributed by atoms with Gasteiger partial charge in [-0.05, 0) is 26.0 Å². The first kappa shape index (κ1) is 15.2. The Morgan fingerprint density at radius 3 is 2.56 bits per heavy atom. The van der Waals surface area contributed by atoms with Crippen LogP contribution in [0.2, 0.25) is 0 Å². The van der Waals surface area contributed by atoms with Crippen LogP contribution in [0.3, 0.4) is 0 Å². The number of nitrogens with one attached hydrogen (secondary N) is 1. The summed E-state index contributed by atoms with van der Waals surface area (Å²) in [6.07, 6.45) is 2.43. The second-order valence-corrected chi connectivity index (χ2v) is 6.24. The Morgan fingerprint density at radius 1 is 1.33 bits per heavy atom. The number of hydrogen-bond acceptors (Lipinski definition) is 2. The van der Waals surface area contributed by atoms with Gasteiger partial charge in [0.2, 0.25) is 0 Å². The third-order valence-corrected chi connectivity index (χ3v) is 4.37. The van der Waals surface area contributed by atoms with Crippen LogP contribution in [0.15, 0.2) is 18.2 Å². The predicted octanol–water partition coefficient (Wildman–Crippen LogP) is 2.77. The summed E-state index contributed by atoms with van der Waals surface area (Å²) in [5, 5.41) is 3.26. The molecule has 3 unspecified atom stereocenters. The van der Waals surface area contributed by atoms with Gasteiger partial charge in [0.1, 0.15) is 11.6 Å². The van der Waals surface area contributed by atoms with Gasteiger partial charge in [0.15, 0.2) is 0 Å². The second-order valence-electron chi connectivity index (χ2n) is 4.44. The van der Waals surface area contributed by atoms with E-state index in [2.05, 4.69) is 5.32 Å². The Labute approximate surface area is 109 Å². The van der Waals surface area contributed by atoms with Crippen molar-refractivity contribution in [3.63, 3.8) is 0 Å². The lowest BCUT2D eigenvalue weighted by Crippen LogP contribution is -2.24. The molecule has 0 saturated heterocycles. The number of halogens is 2. The molecule has 0 aliphatic carbocycles. The van der Waals surface area contributed by atoms with Crippen LogP contribution in [0.5, 0.6) is 0 Å². The number of rotatable bonds is 6. The molecule has 5 heteroatoms. The minimum atomic E-state index is -0.841. The van der Waals surface area contributed by atoms with Crippen LogP contribution in [0.4, 0.5) is 8.78 Å². The van der Waals surface area contributed by atoms with Gasteiger partial charge in [0.05, 0.1) is 0 Å². The maximum absolute atomic E-state index is 13.5. The molecular weight excluding hydrogens is 256 g/mol. The van der Waals surface area contributed by atoms with Crippen molar-refractivity contribution in [2.24, 2.45) is 0 Å². The largest absolute Gasteiger partial charge is 0.310 e. The highest BCUT2D eigenvalue weighted by Crippen LogP contribution is 2.17. The Kier molecular flexibility index (Phi) is 5.88. The molecule has 18 heavy (non-hydrogen) atoms. The lowest BCUT2D eigenvalue weighted by molar-refractivity contribution is 0.511. The highest BCUT2D eigenvalue weighted by molar-refractivity contribution is 7.84. The standard InChI is InChI=1S/C13H19F2NOS/c1-9(18(3)17)6-7-16-10(2)12-5-4-11(14)8-13(12)15/h4-5,8-10,16H,6-7H2,1-3H3. The van der Waals surface area contributed by atoms with E-state index in [9.17, 15) is 13.0 Å². The van der Waals surface area contributed by atoms with E-state index >= 15 is 0 Å². The molecule has 0 aromatic heterocycles. The fourth-order valence-corrected chi connectivity index (χ4v) is 2.08. The van der Waals surface area contributed by atoms with Gasteiger partial charge in [-0.3, -0.25) is 4.21 Å². The van der Waals surface area contributed by atoms with Crippen molar-refractivity contribution in [3.8, 4) is 0 Å². The third-order valence-electron chi connectivity index (χ3n) is 3.00. The first-order chi connectivity index (χ1) is 8.41. The van der Waals surface area contributed by atoms with Gasteiger partial charge in [-0.25, -0.2) is 8.78 Å². The molecule has 0 spiro atoms. The molecule has 1 rings (SSSR count). The molecule has 2 nitrogen and oxygen atoms in total. The predicted molar refractivity (Wildman–Crippen MR) is 70.9 cm³/mol. The Hall–Kier alpha value is -0.810. The Morgan fingerprint density at radius 2 is 2.00 bits per heavy atom. The summed E-state index contributed by atoms with van der Waals surface area (Å²) in [6.45, 7) is 4.39. The van der Waals surface area contributed by atoms with Gasteiger partial charge < -0.3 is 5.32 Å². The van der Waals surface area contributed by atoms with Gasteiger partial charge in [-0.15, -0.1) is 0 Å². The first-order valence-electron chi connectivity index (χ1n) is 5.92. The smallest absolute Gasteiger partial charge is 0.130 e. The summed E-state index contributed by atoms with van der Waals surface area (Å²) < 4.78 is 37.4. The summed E-state index contributed by atoms with van der Waals surface area (Å²) >= 11 is 0. The zero-order valence-electron chi connectivity index (χ0n) is 10.9. The van der Waals surface area contributed by atoms with E-state index < -0.39 is 22.4 Å². The van der Waals surface area contributed by atoms with Crippen molar-refractivity contribution in [3.05, 3.63) is 35.4 Å². The zero-order chi connectivity index (χ0) is 13.7. The molecule has 0 heterocycles. The fraction of sp³-hybridized carbons (Fsp3) is 0.538. The summed E-state index contributed by atoms with van der Waals surface area (Å²) in [7, 11) is -0.841. The molecule has 102 valence electrons. The fourth-order valence-electron chi connectivity index (χ4n) is 1.63. The molecule has 0 saturated carbocycles. The molecule has 0 radical (unpaired) electrons. The van der Waals surface area contributed by atoms with E-state index in [-0.39, 0.29) is 11.3 Å². The van der Waals surface area contributed by atoms with Crippen molar-refractivity contribution < 1.29 is 13.0 Å². The topological polar surface area (TPSA) is 29.1 Å². The molecular formula is C13H19F2NOS. The maximum atomic E-state index is 13.5. The molecule has 1 N–H and O–H groups in total. The van der Waals surface area contributed by atoms with Crippen LogP contribution in [0.1, 0.15) is 31.9 Å². The van der Waals surface area contributed by atoms with Crippen molar-refractivity contribution in [2.75, 3.05) is 12.8 Å². The summed E-state index contributed by atoms with van der Waals surface area (Å²) in [5.74, 6) is -1.11. The van der Waals surface area contributed by atoms with E-state index in [1.54, 1.807) is 6.26 Å². The van der Waals surface area contributed by atoms with Gasteiger partial charge in [-0.1, -0.05) is 13.0 Å². The molecule has 0 aliphatic heterocycles. The van der Waals surface area contributed by atoms with Crippen molar-refractivity contribution >= 4 is 10.8 Å². The van der Waals surface area contributed by atoms with Crippen LogP contribution in [-0.2, 0) is 10.8 Å². The minimum Gasteiger partial charge on any atom is -0.310 e. The molecule has 0 fully saturated rings. The highest BCUT2D eigenvalue weighted by Gasteiger charge is 2.12.